The lowest BCUT2D eigenvalue weighted by Crippen LogP contribution is -2.55. The number of nitrogens with zero attached hydrogens (tertiary/aromatic N) is 3. The Labute approximate surface area is 103 Å². The summed E-state index contributed by atoms with van der Waals surface area (Å²) < 4.78 is 0. The maximum Gasteiger partial charge on any atom is 0.318 e. The van der Waals surface area contributed by atoms with E-state index in [1.54, 1.807) is 11.9 Å². The third kappa shape index (κ3) is 4.22. The van der Waals surface area contributed by atoms with Gasteiger partial charge in [0.15, 0.2) is 6.17 Å². The van der Waals surface area contributed by atoms with Crippen LogP contribution in [0.15, 0.2) is 0 Å². The number of hydrogen-bond donors (Lipinski definition) is 1. The van der Waals surface area contributed by atoms with Crippen molar-refractivity contribution in [1.29, 1.82) is 0 Å². The Balaban J connectivity index is 4.82. The first-order valence-corrected chi connectivity index (χ1v) is 5.93. The topological polar surface area (TPSA) is 66.8 Å². The van der Waals surface area contributed by atoms with Crippen LogP contribution in [0.3, 0.4) is 0 Å². The molecule has 1 radical (unpaired) electrons. The minimum Gasteiger partial charge on any atom is -0.341 e. The van der Waals surface area contributed by atoms with Crippen molar-refractivity contribution in [2.75, 3.05) is 33.7 Å². The highest BCUT2D eigenvalue weighted by Gasteiger charge is 2.29. The molecule has 0 aromatic carbocycles. The van der Waals surface area contributed by atoms with E-state index in [2.05, 4.69) is 10.6 Å². The van der Waals surface area contributed by atoms with Crippen molar-refractivity contribution in [2.24, 2.45) is 0 Å². The summed E-state index contributed by atoms with van der Waals surface area (Å²) in [5.74, 6) is -0.136. The molecule has 0 fully saturated rings. The van der Waals surface area contributed by atoms with Gasteiger partial charge in [-0.2, -0.15) is 0 Å². The summed E-state index contributed by atoms with van der Waals surface area (Å²) in [5, 5.41) is 6.67. The highest BCUT2D eigenvalue weighted by molar-refractivity contribution is 5.86. The van der Waals surface area contributed by atoms with E-state index in [0.29, 0.717) is 19.6 Å². The van der Waals surface area contributed by atoms with E-state index in [1.807, 2.05) is 20.8 Å². The third-order valence-electron chi connectivity index (χ3n) is 2.55. The van der Waals surface area contributed by atoms with Gasteiger partial charge in [0.1, 0.15) is 0 Å². The molecule has 0 bridgehead atoms. The predicted octanol–water partition coefficient (Wildman–Crippen LogP) is 0.0764. The van der Waals surface area contributed by atoms with Crippen LogP contribution in [0.2, 0.25) is 0 Å². The SMILES string of the molecule is CC[N]C(C(=O)N(CC)CC)N(C)C(=O)NC. The Morgan fingerprint density at radius 3 is 2.12 bits per heavy atom. The Hall–Kier alpha value is -1.30. The van der Waals surface area contributed by atoms with E-state index >= 15 is 0 Å². The highest BCUT2D eigenvalue weighted by Crippen LogP contribution is 2.02. The maximum atomic E-state index is 12.2. The summed E-state index contributed by atoms with van der Waals surface area (Å²) in [7, 11) is 3.10. The molecule has 0 aliphatic carbocycles. The summed E-state index contributed by atoms with van der Waals surface area (Å²) >= 11 is 0. The van der Waals surface area contributed by atoms with Gasteiger partial charge in [0.2, 0.25) is 0 Å². The minimum atomic E-state index is -0.736. The van der Waals surface area contributed by atoms with Gasteiger partial charge >= 0.3 is 6.03 Å². The average molecular weight is 243 g/mol. The first-order chi connectivity index (χ1) is 8.03. The average Bonchev–Trinajstić information content (AvgIpc) is 2.35. The van der Waals surface area contributed by atoms with Crippen LogP contribution in [-0.2, 0) is 4.79 Å². The first kappa shape index (κ1) is 15.7. The van der Waals surface area contributed by atoms with Gasteiger partial charge in [-0.1, -0.05) is 6.92 Å². The number of carbonyl (C=O) groups is 2. The number of urea groups is 1. The third-order valence-corrected chi connectivity index (χ3v) is 2.55. The molecule has 0 heterocycles. The van der Waals surface area contributed by atoms with Gasteiger partial charge in [-0.3, -0.25) is 4.79 Å². The molecule has 0 aliphatic rings. The molecule has 99 valence electrons. The molecule has 0 saturated heterocycles. The second kappa shape index (κ2) is 7.89. The summed E-state index contributed by atoms with van der Waals surface area (Å²) in [4.78, 5) is 26.7. The van der Waals surface area contributed by atoms with Crippen LogP contribution in [0.5, 0.6) is 0 Å². The van der Waals surface area contributed by atoms with Crippen LogP contribution in [0.4, 0.5) is 4.79 Å². The van der Waals surface area contributed by atoms with Crippen LogP contribution in [0.1, 0.15) is 20.8 Å². The number of hydrogen-bond acceptors (Lipinski definition) is 2. The Morgan fingerprint density at radius 1 is 1.24 bits per heavy atom. The lowest BCUT2D eigenvalue weighted by molar-refractivity contribution is -0.136. The molecule has 17 heavy (non-hydrogen) atoms. The Morgan fingerprint density at radius 2 is 1.76 bits per heavy atom. The fraction of sp³-hybridized carbons (Fsp3) is 0.818. The van der Waals surface area contributed by atoms with Crippen LogP contribution >= 0.6 is 0 Å². The largest absolute Gasteiger partial charge is 0.341 e. The van der Waals surface area contributed by atoms with Gasteiger partial charge in [-0.15, -0.1) is 0 Å². The second-order valence-corrected chi connectivity index (χ2v) is 3.55. The Bertz CT molecular complexity index is 254. The van der Waals surface area contributed by atoms with Crippen molar-refractivity contribution in [3.8, 4) is 0 Å². The molecule has 0 aliphatic heterocycles. The van der Waals surface area contributed by atoms with Gasteiger partial charge in [0.05, 0.1) is 0 Å². The number of likely N-dealkylation sites (N-methyl/N-ethyl adjacent to an activating group) is 3. The lowest BCUT2D eigenvalue weighted by atomic mass is 10.3. The fourth-order valence-corrected chi connectivity index (χ4v) is 1.53. The van der Waals surface area contributed by atoms with Gasteiger partial charge in [-0.05, 0) is 13.8 Å². The van der Waals surface area contributed by atoms with Gasteiger partial charge in [0, 0.05) is 33.7 Å². The van der Waals surface area contributed by atoms with E-state index < -0.39 is 6.17 Å². The number of amides is 3. The second-order valence-electron chi connectivity index (χ2n) is 3.55. The van der Waals surface area contributed by atoms with Crippen molar-refractivity contribution in [3.63, 3.8) is 0 Å². The van der Waals surface area contributed by atoms with Crippen LogP contribution < -0.4 is 10.6 Å². The molecule has 3 amide bonds. The lowest BCUT2D eigenvalue weighted by Gasteiger charge is -2.30. The smallest absolute Gasteiger partial charge is 0.318 e. The monoisotopic (exact) mass is 243 g/mol. The van der Waals surface area contributed by atoms with Crippen molar-refractivity contribution >= 4 is 11.9 Å². The highest BCUT2D eigenvalue weighted by atomic mass is 16.2. The molecule has 6 heteroatoms. The summed E-state index contributed by atoms with van der Waals surface area (Å²) in [6, 6.07) is -0.312. The summed E-state index contributed by atoms with van der Waals surface area (Å²) in [6.45, 7) is 7.40. The van der Waals surface area contributed by atoms with E-state index in [-0.39, 0.29) is 11.9 Å². The van der Waals surface area contributed by atoms with Crippen LogP contribution in [-0.4, -0.2) is 61.6 Å². The van der Waals surface area contributed by atoms with Crippen LogP contribution in [0.25, 0.3) is 0 Å². The fourth-order valence-electron chi connectivity index (χ4n) is 1.53. The molecule has 1 N–H and O–H groups in total. The van der Waals surface area contributed by atoms with Gasteiger partial charge in [0.25, 0.3) is 5.91 Å². The van der Waals surface area contributed by atoms with Gasteiger partial charge < -0.3 is 15.1 Å². The maximum absolute atomic E-state index is 12.2. The molecular formula is C11H23N4O2. The molecule has 1 atom stereocenters. The quantitative estimate of drug-likeness (QED) is 0.717. The van der Waals surface area contributed by atoms with E-state index in [0.717, 1.165) is 0 Å². The zero-order valence-corrected chi connectivity index (χ0v) is 11.4. The predicted molar refractivity (Wildman–Crippen MR) is 66.6 cm³/mol. The van der Waals surface area contributed by atoms with E-state index in [9.17, 15) is 9.59 Å². The Kier molecular flexibility index (Phi) is 7.29. The minimum absolute atomic E-state index is 0.136. The van der Waals surface area contributed by atoms with Crippen molar-refractivity contribution in [2.45, 2.75) is 26.9 Å². The number of carbonyl (C=O) groups excluding carboxylic acids is 2. The normalized spacial score (nSPS) is 11.8. The molecule has 0 aromatic rings. The molecule has 0 aromatic heterocycles. The van der Waals surface area contributed by atoms with Crippen molar-refractivity contribution in [3.05, 3.63) is 0 Å². The molecule has 1 unspecified atom stereocenters. The van der Waals surface area contributed by atoms with Crippen LogP contribution in [0, 0.1) is 0 Å². The zero-order chi connectivity index (χ0) is 13.4. The van der Waals surface area contributed by atoms with E-state index in [1.165, 1.54) is 11.9 Å². The molecular weight excluding hydrogens is 220 g/mol. The standard InChI is InChI=1S/C11H23N4O2/c1-6-13-9(14(5)11(17)12-4)10(16)15(7-2)8-3/h9H,6-8H2,1-5H3,(H,12,17). The summed E-state index contributed by atoms with van der Waals surface area (Å²) in [5.41, 5.74) is 0. The molecule has 0 rings (SSSR count). The summed E-state index contributed by atoms with van der Waals surface area (Å²) in [6.07, 6.45) is -0.736. The number of rotatable bonds is 6. The van der Waals surface area contributed by atoms with E-state index in [4.69, 9.17) is 0 Å². The van der Waals surface area contributed by atoms with Crippen molar-refractivity contribution in [1.82, 2.24) is 20.4 Å². The first-order valence-electron chi connectivity index (χ1n) is 5.93. The van der Waals surface area contributed by atoms with Crippen molar-refractivity contribution < 1.29 is 9.59 Å². The molecule has 6 nitrogen and oxygen atoms in total. The van der Waals surface area contributed by atoms with Gasteiger partial charge in [-0.25, -0.2) is 10.1 Å². The molecule has 0 saturated carbocycles. The number of nitrogens with one attached hydrogen (secondary N) is 1. The zero-order valence-electron chi connectivity index (χ0n) is 11.4. The molecule has 0 spiro atoms.